The predicted octanol–water partition coefficient (Wildman–Crippen LogP) is 1.77. The fourth-order valence-corrected chi connectivity index (χ4v) is 4.00. The molecule has 0 radical (unpaired) electrons. The Morgan fingerprint density at radius 2 is 2.24 bits per heavy atom. The molecular formula is C17H19N5O2S. The number of fused-ring (bicyclic) bond motifs is 1. The van der Waals surface area contributed by atoms with Crippen molar-refractivity contribution in [3.8, 4) is 0 Å². The van der Waals surface area contributed by atoms with Gasteiger partial charge in [-0.3, -0.25) is 9.59 Å². The van der Waals surface area contributed by atoms with Gasteiger partial charge in [0.1, 0.15) is 11.2 Å². The molecule has 7 nitrogen and oxygen atoms in total. The summed E-state index contributed by atoms with van der Waals surface area (Å²) in [6, 6.07) is 3.68. The third kappa shape index (κ3) is 2.93. The van der Waals surface area contributed by atoms with E-state index in [4.69, 9.17) is 0 Å². The van der Waals surface area contributed by atoms with E-state index in [1.165, 1.54) is 11.3 Å². The number of nitrogens with zero attached hydrogens (tertiary/aromatic N) is 4. The standard InChI is InChI=1S/C17H19N5O2S/c1-20-7-8-22-16(20)13(10-18-22)15(23)19-12-4-2-6-21(11-12)17(24)14-5-3-9-25-14/h3,5,7-10,12H,2,4,6,11H2,1H3,(H,19,23)/t12-/m0/s1. The molecule has 3 aromatic rings. The summed E-state index contributed by atoms with van der Waals surface area (Å²) in [7, 11) is 1.88. The molecule has 25 heavy (non-hydrogen) atoms. The third-order valence-electron chi connectivity index (χ3n) is 4.56. The van der Waals surface area contributed by atoms with Gasteiger partial charge in [0.25, 0.3) is 11.8 Å². The average molecular weight is 357 g/mol. The van der Waals surface area contributed by atoms with Crippen molar-refractivity contribution < 1.29 is 9.59 Å². The van der Waals surface area contributed by atoms with Crippen molar-refractivity contribution in [2.24, 2.45) is 7.05 Å². The largest absolute Gasteiger partial charge is 0.347 e. The minimum absolute atomic E-state index is 0.0413. The van der Waals surface area contributed by atoms with Gasteiger partial charge in [0, 0.05) is 38.6 Å². The van der Waals surface area contributed by atoms with Gasteiger partial charge in [-0.2, -0.15) is 5.10 Å². The van der Waals surface area contributed by atoms with Gasteiger partial charge in [-0.05, 0) is 24.3 Å². The van der Waals surface area contributed by atoms with E-state index in [-0.39, 0.29) is 17.9 Å². The normalized spacial score (nSPS) is 17.8. The van der Waals surface area contributed by atoms with E-state index >= 15 is 0 Å². The van der Waals surface area contributed by atoms with Gasteiger partial charge < -0.3 is 14.8 Å². The van der Waals surface area contributed by atoms with Gasteiger partial charge in [-0.1, -0.05) is 6.07 Å². The first-order valence-electron chi connectivity index (χ1n) is 8.26. The van der Waals surface area contributed by atoms with Gasteiger partial charge in [0.05, 0.1) is 11.1 Å². The van der Waals surface area contributed by atoms with Crippen LogP contribution in [0.4, 0.5) is 0 Å². The Balaban J connectivity index is 1.46. The van der Waals surface area contributed by atoms with E-state index in [2.05, 4.69) is 10.4 Å². The fourth-order valence-electron chi connectivity index (χ4n) is 3.31. The smallest absolute Gasteiger partial charge is 0.263 e. The Bertz CT molecular complexity index is 911. The summed E-state index contributed by atoms with van der Waals surface area (Å²) in [6.45, 7) is 1.28. The lowest BCUT2D eigenvalue weighted by atomic mass is 10.0. The highest BCUT2D eigenvalue weighted by Gasteiger charge is 2.27. The molecule has 1 aliphatic heterocycles. The first-order chi connectivity index (χ1) is 12.1. The maximum Gasteiger partial charge on any atom is 0.263 e. The highest BCUT2D eigenvalue weighted by molar-refractivity contribution is 7.12. The molecule has 0 bridgehead atoms. The van der Waals surface area contributed by atoms with Gasteiger partial charge >= 0.3 is 0 Å². The number of hydrogen-bond acceptors (Lipinski definition) is 4. The van der Waals surface area contributed by atoms with Crippen LogP contribution in [0.25, 0.3) is 5.65 Å². The van der Waals surface area contributed by atoms with E-state index in [1.807, 2.05) is 46.4 Å². The molecule has 8 heteroatoms. The molecule has 1 saturated heterocycles. The summed E-state index contributed by atoms with van der Waals surface area (Å²) in [5, 5.41) is 9.17. The molecule has 4 heterocycles. The lowest BCUT2D eigenvalue weighted by Gasteiger charge is -2.32. The molecular weight excluding hydrogens is 338 g/mol. The van der Waals surface area contributed by atoms with Crippen LogP contribution in [0.15, 0.2) is 36.1 Å². The number of likely N-dealkylation sites (tertiary alicyclic amines) is 1. The van der Waals surface area contributed by atoms with Crippen molar-refractivity contribution in [3.63, 3.8) is 0 Å². The van der Waals surface area contributed by atoms with Gasteiger partial charge in [-0.25, -0.2) is 4.52 Å². The van der Waals surface area contributed by atoms with Crippen molar-refractivity contribution in [2.45, 2.75) is 18.9 Å². The Labute approximate surface area is 148 Å². The Hall–Kier alpha value is -2.61. The number of carbonyl (C=O) groups excluding carboxylic acids is 2. The lowest BCUT2D eigenvalue weighted by molar-refractivity contribution is 0.0680. The number of hydrogen-bond donors (Lipinski definition) is 1. The first kappa shape index (κ1) is 15.9. The summed E-state index contributed by atoms with van der Waals surface area (Å²) in [5.74, 6) is -0.100. The molecule has 0 spiro atoms. The average Bonchev–Trinajstić information content (AvgIpc) is 3.33. The number of thiophene rings is 1. The molecule has 0 aliphatic carbocycles. The highest BCUT2D eigenvalue weighted by Crippen LogP contribution is 2.18. The molecule has 1 aliphatic rings. The zero-order valence-electron chi connectivity index (χ0n) is 13.9. The van der Waals surface area contributed by atoms with Crippen molar-refractivity contribution >= 4 is 28.8 Å². The number of piperidine rings is 1. The zero-order valence-corrected chi connectivity index (χ0v) is 14.7. The fraction of sp³-hybridized carbons (Fsp3) is 0.353. The molecule has 0 saturated carbocycles. The number of aryl methyl sites for hydroxylation is 1. The van der Waals surface area contributed by atoms with Crippen LogP contribution in [-0.4, -0.2) is 50.0 Å². The van der Waals surface area contributed by atoms with Crippen LogP contribution in [0, 0.1) is 0 Å². The highest BCUT2D eigenvalue weighted by atomic mass is 32.1. The second-order valence-electron chi connectivity index (χ2n) is 6.28. The van der Waals surface area contributed by atoms with Gasteiger partial charge in [-0.15, -0.1) is 11.3 Å². The zero-order chi connectivity index (χ0) is 17.4. The molecule has 4 rings (SSSR count). The van der Waals surface area contributed by atoms with Crippen LogP contribution < -0.4 is 5.32 Å². The van der Waals surface area contributed by atoms with Gasteiger partial charge in [0.2, 0.25) is 0 Å². The van der Waals surface area contributed by atoms with Crippen LogP contribution in [0.5, 0.6) is 0 Å². The van der Waals surface area contributed by atoms with Crippen LogP contribution in [-0.2, 0) is 7.05 Å². The lowest BCUT2D eigenvalue weighted by Crippen LogP contribution is -2.49. The summed E-state index contributed by atoms with van der Waals surface area (Å²) in [4.78, 5) is 27.8. The molecule has 0 unspecified atom stereocenters. The van der Waals surface area contributed by atoms with E-state index in [9.17, 15) is 9.59 Å². The molecule has 3 aromatic heterocycles. The van der Waals surface area contributed by atoms with Crippen LogP contribution in [0.3, 0.4) is 0 Å². The third-order valence-corrected chi connectivity index (χ3v) is 5.41. The predicted molar refractivity (Wildman–Crippen MR) is 94.9 cm³/mol. The molecule has 0 aromatic carbocycles. The van der Waals surface area contributed by atoms with Crippen molar-refractivity contribution in [1.82, 2.24) is 24.4 Å². The molecule has 2 amide bonds. The Morgan fingerprint density at radius 3 is 3.04 bits per heavy atom. The first-order valence-corrected chi connectivity index (χ1v) is 9.14. The number of amides is 2. The van der Waals surface area contributed by atoms with E-state index in [0.29, 0.717) is 12.1 Å². The number of carbonyl (C=O) groups is 2. The molecule has 1 N–H and O–H groups in total. The quantitative estimate of drug-likeness (QED) is 0.776. The maximum atomic E-state index is 12.7. The monoisotopic (exact) mass is 357 g/mol. The number of rotatable bonds is 3. The second kappa shape index (κ2) is 6.36. The summed E-state index contributed by atoms with van der Waals surface area (Å²) in [6.07, 6.45) is 7.02. The van der Waals surface area contributed by atoms with E-state index in [1.54, 1.807) is 10.7 Å². The van der Waals surface area contributed by atoms with Crippen LogP contribution in [0.2, 0.25) is 0 Å². The minimum atomic E-state index is -0.146. The van der Waals surface area contributed by atoms with Crippen LogP contribution >= 0.6 is 11.3 Å². The Kier molecular flexibility index (Phi) is 4.04. The molecule has 1 atom stereocenters. The van der Waals surface area contributed by atoms with E-state index < -0.39 is 0 Å². The SMILES string of the molecule is Cn1ccn2ncc(C(=O)N[C@H]3CCCN(C(=O)c4cccs4)C3)c12. The van der Waals surface area contributed by atoms with Gasteiger partial charge in [0.15, 0.2) is 0 Å². The van der Waals surface area contributed by atoms with Crippen molar-refractivity contribution in [1.29, 1.82) is 0 Å². The second-order valence-corrected chi connectivity index (χ2v) is 7.22. The maximum absolute atomic E-state index is 12.7. The minimum Gasteiger partial charge on any atom is -0.347 e. The number of imidazole rings is 1. The van der Waals surface area contributed by atoms with E-state index in [0.717, 1.165) is 29.9 Å². The summed E-state index contributed by atoms with van der Waals surface area (Å²) >= 11 is 1.45. The number of aromatic nitrogens is 3. The number of nitrogens with one attached hydrogen (secondary N) is 1. The van der Waals surface area contributed by atoms with Crippen LogP contribution in [0.1, 0.15) is 32.9 Å². The summed E-state index contributed by atoms with van der Waals surface area (Å²) in [5.41, 5.74) is 1.31. The topological polar surface area (TPSA) is 71.6 Å². The Morgan fingerprint density at radius 1 is 1.36 bits per heavy atom. The summed E-state index contributed by atoms with van der Waals surface area (Å²) < 4.78 is 3.55. The molecule has 1 fully saturated rings. The molecule has 130 valence electrons. The van der Waals surface area contributed by atoms with Crippen molar-refractivity contribution in [2.75, 3.05) is 13.1 Å². The van der Waals surface area contributed by atoms with Crippen molar-refractivity contribution in [3.05, 3.63) is 46.5 Å².